The first-order valence-electron chi connectivity index (χ1n) is 15.3. The number of halogens is 1. The van der Waals surface area contributed by atoms with E-state index in [-0.39, 0.29) is 18.0 Å². The Hall–Kier alpha value is -4.78. The summed E-state index contributed by atoms with van der Waals surface area (Å²) in [6.45, 7) is 4.95. The van der Waals surface area contributed by atoms with Gasteiger partial charge in [-0.2, -0.15) is 0 Å². The number of benzene rings is 2. The second-order valence-corrected chi connectivity index (χ2v) is 12.1. The minimum Gasteiger partial charge on any atom is -0.481 e. The third kappa shape index (κ3) is 6.19. The highest BCUT2D eigenvalue weighted by molar-refractivity contribution is 6.36. The van der Waals surface area contributed by atoms with Gasteiger partial charge in [0, 0.05) is 62.0 Å². The standard InChI is InChI=1S/C34H37ClN8O4/c1-18-22(8-7-11-25(18)40-30-28-31(38-19(2)37-30)42(3)34(46)43(4)33(28)45)23-9-6-10-24(29(23)35)26-14-12-20(32(41-26)47-5)16-36-17-21-13-15-27(44)39-21/h6-12,14,21,33,36,45H,13,15-17H2,1-5H3,(H,39,44)(H,37,38,40). The summed E-state index contributed by atoms with van der Waals surface area (Å²) in [5.74, 6) is 1.81. The smallest absolute Gasteiger partial charge is 0.327 e. The predicted octanol–water partition coefficient (Wildman–Crippen LogP) is 5.09. The van der Waals surface area contributed by atoms with Gasteiger partial charge in [0.05, 0.1) is 23.4 Å². The molecule has 2 atom stereocenters. The molecule has 2 unspecified atom stereocenters. The van der Waals surface area contributed by atoms with Gasteiger partial charge in [0.15, 0.2) is 6.23 Å². The first-order valence-corrected chi connectivity index (χ1v) is 15.7. The number of carbonyl (C=O) groups excluding carboxylic acids is 2. The Morgan fingerprint density at radius 2 is 1.77 bits per heavy atom. The molecule has 2 aliphatic rings. The van der Waals surface area contributed by atoms with Crippen molar-refractivity contribution in [3.8, 4) is 28.3 Å². The number of anilines is 3. The molecule has 244 valence electrons. The number of nitrogens with zero attached hydrogens (tertiary/aromatic N) is 5. The Balaban J connectivity index is 1.28. The maximum absolute atomic E-state index is 12.6. The lowest BCUT2D eigenvalue weighted by atomic mass is 9.96. The van der Waals surface area contributed by atoms with Crippen LogP contribution in [-0.2, 0) is 11.3 Å². The Morgan fingerprint density at radius 1 is 1.02 bits per heavy atom. The third-order valence-corrected chi connectivity index (χ3v) is 9.05. The average Bonchev–Trinajstić information content (AvgIpc) is 3.48. The summed E-state index contributed by atoms with van der Waals surface area (Å²) >= 11 is 7.10. The van der Waals surface area contributed by atoms with Crippen molar-refractivity contribution >= 4 is 40.9 Å². The summed E-state index contributed by atoms with van der Waals surface area (Å²) in [5.41, 5.74) is 6.13. The van der Waals surface area contributed by atoms with Crippen molar-refractivity contribution in [2.24, 2.45) is 0 Å². The average molecular weight is 657 g/mol. The number of aryl methyl sites for hydroxylation is 1. The molecule has 13 heteroatoms. The van der Waals surface area contributed by atoms with Crippen LogP contribution in [0.5, 0.6) is 5.88 Å². The largest absolute Gasteiger partial charge is 0.481 e. The van der Waals surface area contributed by atoms with Gasteiger partial charge in [-0.05, 0) is 43.5 Å². The highest BCUT2D eigenvalue weighted by Crippen LogP contribution is 2.41. The van der Waals surface area contributed by atoms with Crippen LogP contribution >= 0.6 is 11.6 Å². The van der Waals surface area contributed by atoms with E-state index in [9.17, 15) is 14.7 Å². The number of aliphatic hydroxyl groups is 1. The number of nitrogens with one attached hydrogen (secondary N) is 3. The zero-order valence-corrected chi connectivity index (χ0v) is 27.6. The molecule has 2 aromatic carbocycles. The maximum atomic E-state index is 12.6. The van der Waals surface area contributed by atoms with E-state index in [1.54, 1.807) is 21.1 Å². The van der Waals surface area contributed by atoms with E-state index < -0.39 is 6.23 Å². The third-order valence-electron chi connectivity index (χ3n) is 8.64. The lowest BCUT2D eigenvalue weighted by molar-refractivity contribution is -0.119. The van der Waals surface area contributed by atoms with E-state index in [1.165, 1.54) is 16.8 Å². The number of fused-ring (bicyclic) bond motifs is 1. The molecule has 2 aromatic heterocycles. The molecule has 6 rings (SSSR count). The van der Waals surface area contributed by atoms with Crippen LogP contribution in [0.25, 0.3) is 22.4 Å². The van der Waals surface area contributed by atoms with Gasteiger partial charge >= 0.3 is 6.03 Å². The summed E-state index contributed by atoms with van der Waals surface area (Å²) in [5, 5.41) is 21.3. The van der Waals surface area contributed by atoms with Crippen molar-refractivity contribution in [2.75, 3.05) is 38.0 Å². The van der Waals surface area contributed by atoms with Crippen LogP contribution in [-0.4, -0.2) is 70.7 Å². The van der Waals surface area contributed by atoms with Crippen LogP contribution in [0, 0.1) is 13.8 Å². The number of rotatable bonds is 9. The summed E-state index contributed by atoms with van der Waals surface area (Å²) in [6, 6.07) is 15.4. The first kappa shape index (κ1) is 32.2. The van der Waals surface area contributed by atoms with Crippen LogP contribution in [0.3, 0.4) is 0 Å². The van der Waals surface area contributed by atoms with Gasteiger partial charge in [-0.3, -0.25) is 14.6 Å². The molecule has 1 saturated heterocycles. The molecule has 0 bridgehead atoms. The zero-order chi connectivity index (χ0) is 33.4. The van der Waals surface area contributed by atoms with Gasteiger partial charge < -0.3 is 25.8 Å². The number of hydrogen-bond acceptors (Lipinski definition) is 9. The highest BCUT2D eigenvalue weighted by Gasteiger charge is 2.36. The van der Waals surface area contributed by atoms with Gasteiger partial charge in [-0.25, -0.2) is 19.7 Å². The molecule has 1 fully saturated rings. The van der Waals surface area contributed by atoms with E-state index in [4.69, 9.17) is 21.3 Å². The van der Waals surface area contributed by atoms with Crippen LogP contribution in [0.4, 0.5) is 22.1 Å². The number of ether oxygens (including phenoxy) is 1. The molecule has 0 aliphatic carbocycles. The van der Waals surface area contributed by atoms with E-state index in [1.807, 2.05) is 55.5 Å². The summed E-state index contributed by atoms with van der Waals surface area (Å²) < 4.78 is 5.64. The molecule has 0 saturated carbocycles. The number of hydrogen-bond donors (Lipinski definition) is 4. The van der Waals surface area contributed by atoms with Crippen LogP contribution < -0.4 is 25.6 Å². The Kier molecular flexibility index (Phi) is 9.00. The fourth-order valence-electron chi connectivity index (χ4n) is 6.05. The second kappa shape index (κ2) is 13.1. The van der Waals surface area contributed by atoms with Crippen molar-refractivity contribution in [3.05, 3.63) is 76.1 Å². The number of aromatic nitrogens is 3. The summed E-state index contributed by atoms with van der Waals surface area (Å²) in [4.78, 5) is 40.6. The number of methoxy groups -OCH3 is 1. The number of pyridine rings is 1. The fraction of sp³-hybridized carbons (Fsp3) is 0.324. The fourth-order valence-corrected chi connectivity index (χ4v) is 6.38. The zero-order valence-electron chi connectivity index (χ0n) is 26.9. The van der Waals surface area contributed by atoms with Crippen LogP contribution in [0.1, 0.15) is 41.6 Å². The molecule has 4 aromatic rings. The number of urea groups is 1. The van der Waals surface area contributed by atoms with Gasteiger partial charge in [0.25, 0.3) is 0 Å². The molecule has 2 aliphatic heterocycles. The maximum Gasteiger partial charge on any atom is 0.327 e. The quantitative estimate of drug-likeness (QED) is 0.194. The lowest BCUT2D eigenvalue weighted by Crippen LogP contribution is -2.46. The van der Waals surface area contributed by atoms with Crippen molar-refractivity contribution < 1.29 is 19.4 Å². The Bertz CT molecular complexity index is 1870. The minimum atomic E-state index is -1.21. The topological polar surface area (TPSA) is 145 Å². The lowest BCUT2D eigenvalue weighted by Gasteiger charge is -2.36. The van der Waals surface area contributed by atoms with Crippen LogP contribution in [0.2, 0.25) is 5.02 Å². The molecule has 4 heterocycles. The van der Waals surface area contributed by atoms with Crippen molar-refractivity contribution in [2.45, 2.75) is 45.5 Å². The Morgan fingerprint density at radius 3 is 2.51 bits per heavy atom. The molecule has 0 radical (unpaired) electrons. The molecule has 47 heavy (non-hydrogen) atoms. The SMILES string of the molecule is COc1nc(-c2cccc(-c3cccc(Nc4nc(C)nc5c4C(O)N(C)C(=O)N5C)c3C)c2Cl)ccc1CNCC1CCC(=O)N1. The summed E-state index contributed by atoms with van der Waals surface area (Å²) in [7, 11) is 4.75. The molecule has 3 amide bonds. The first-order chi connectivity index (χ1) is 22.6. The van der Waals surface area contributed by atoms with Gasteiger partial charge in [-0.15, -0.1) is 0 Å². The predicted molar refractivity (Wildman–Crippen MR) is 181 cm³/mol. The van der Waals surface area contributed by atoms with Crippen molar-refractivity contribution in [1.29, 1.82) is 0 Å². The van der Waals surface area contributed by atoms with E-state index in [2.05, 4.69) is 25.9 Å². The van der Waals surface area contributed by atoms with E-state index >= 15 is 0 Å². The number of carbonyl (C=O) groups is 2. The highest BCUT2D eigenvalue weighted by atomic mass is 35.5. The molecule has 12 nitrogen and oxygen atoms in total. The monoisotopic (exact) mass is 656 g/mol. The molecular weight excluding hydrogens is 620 g/mol. The van der Waals surface area contributed by atoms with Crippen LogP contribution in [0.15, 0.2) is 48.5 Å². The molecule has 0 spiro atoms. The normalized spacial score (nSPS) is 17.5. The van der Waals surface area contributed by atoms with Crippen molar-refractivity contribution in [1.82, 2.24) is 30.5 Å². The number of amides is 3. The summed E-state index contributed by atoms with van der Waals surface area (Å²) in [6.07, 6.45) is 0.183. The molecular formula is C34H37ClN8O4. The van der Waals surface area contributed by atoms with Gasteiger partial charge in [-0.1, -0.05) is 48.0 Å². The Labute approximate surface area is 278 Å². The molecule has 4 N–H and O–H groups in total. The van der Waals surface area contributed by atoms with Gasteiger partial charge in [0.1, 0.15) is 17.5 Å². The van der Waals surface area contributed by atoms with Gasteiger partial charge in [0.2, 0.25) is 11.8 Å². The van der Waals surface area contributed by atoms with E-state index in [0.717, 1.165) is 39.9 Å². The van der Waals surface area contributed by atoms with E-state index in [0.29, 0.717) is 59.1 Å². The number of aliphatic hydroxyl groups excluding tert-OH is 1. The minimum absolute atomic E-state index is 0.0942. The second-order valence-electron chi connectivity index (χ2n) is 11.8. The van der Waals surface area contributed by atoms with Crippen molar-refractivity contribution in [3.63, 3.8) is 0 Å².